The molecule has 0 radical (unpaired) electrons. The van der Waals surface area contributed by atoms with Crippen LogP contribution < -0.4 is 0 Å². The Morgan fingerprint density at radius 3 is 2.59 bits per heavy atom. The molecule has 0 aliphatic rings. The molecule has 0 fully saturated rings. The molecular formula is C13H18BrNO6S. The number of benzene rings is 1. The van der Waals surface area contributed by atoms with Crippen LogP contribution in [-0.2, 0) is 24.3 Å². The molecule has 22 heavy (non-hydrogen) atoms. The van der Waals surface area contributed by atoms with Gasteiger partial charge in [0.15, 0.2) is 0 Å². The summed E-state index contributed by atoms with van der Waals surface area (Å²) < 4.78 is 35.6. The van der Waals surface area contributed by atoms with Gasteiger partial charge < -0.3 is 9.47 Å². The highest BCUT2D eigenvalue weighted by Gasteiger charge is 2.23. The number of carbonyl (C=O) groups is 1. The SMILES string of the molecule is CCOCCOC(=O)c1cc(S(=O)(=O)N(C)OC)ccc1Br. The van der Waals surface area contributed by atoms with Crippen LogP contribution in [-0.4, -0.2) is 52.8 Å². The van der Waals surface area contributed by atoms with Gasteiger partial charge in [0.25, 0.3) is 10.0 Å². The predicted molar refractivity (Wildman–Crippen MR) is 82.9 cm³/mol. The van der Waals surface area contributed by atoms with Crippen molar-refractivity contribution in [1.29, 1.82) is 0 Å². The Balaban J connectivity index is 2.98. The van der Waals surface area contributed by atoms with Crippen molar-refractivity contribution < 1.29 is 27.5 Å². The third-order valence-corrected chi connectivity index (χ3v) is 5.08. The van der Waals surface area contributed by atoms with Crippen molar-refractivity contribution in [3.63, 3.8) is 0 Å². The first-order valence-electron chi connectivity index (χ1n) is 6.42. The number of sulfonamides is 1. The van der Waals surface area contributed by atoms with Gasteiger partial charge in [-0.2, -0.15) is 0 Å². The second kappa shape index (κ2) is 8.59. The molecule has 0 saturated heterocycles. The van der Waals surface area contributed by atoms with E-state index in [0.29, 0.717) is 15.5 Å². The van der Waals surface area contributed by atoms with Crippen molar-refractivity contribution in [3.8, 4) is 0 Å². The molecule has 0 saturated carbocycles. The molecule has 1 rings (SSSR count). The van der Waals surface area contributed by atoms with Gasteiger partial charge >= 0.3 is 5.97 Å². The Hall–Kier alpha value is -1.00. The Morgan fingerprint density at radius 1 is 1.32 bits per heavy atom. The summed E-state index contributed by atoms with van der Waals surface area (Å²) in [6, 6.07) is 4.07. The molecule has 0 unspecified atom stereocenters. The van der Waals surface area contributed by atoms with Crippen LogP contribution in [0.4, 0.5) is 0 Å². The number of hydrogen-bond donors (Lipinski definition) is 0. The van der Waals surface area contributed by atoms with Crippen molar-refractivity contribution >= 4 is 31.9 Å². The Kier molecular flexibility index (Phi) is 7.43. The quantitative estimate of drug-likeness (QED) is 0.379. The Bertz CT molecular complexity index is 619. The first-order valence-corrected chi connectivity index (χ1v) is 8.65. The van der Waals surface area contributed by atoms with Crippen molar-refractivity contribution in [2.75, 3.05) is 34.0 Å². The smallest absolute Gasteiger partial charge is 0.339 e. The average Bonchev–Trinajstić information content (AvgIpc) is 2.50. The molecule has 1 aromatic carbocycles. The lowest BCUT2D eigenvalue weighted by atomic mass is 10.2. The summed E-state index contributed by atoms with van der Waals surface area (Å²) in [5, 5.41) is 0. The van der Waals surface area contributed by atoms with Gasteiger partial charge in [0.2, 0.25) is 0 Å². The number of hydroxylamine groups is 1. The minimum absolute atomic E-state index is 0.0724. The van der Waals surface area contributed by atoms with Crippen LogP contribution in [0.15, 0.2) is 27.6 Å². The van der Waals surface area contributed by atoms with Gasteiger partial charge in [-0.05, 0) is 41.1 Å². The van der Waals surface area contributed by atoms with Gasteiger partial charge in [-0.25, -0.2) is 13.2 Å². The molecule has 124 valence electrons. The zero-order chi connectivity index (χ0) is 16.8. The van der Waals surface area contributed by atoms with Gasteiger partial charge in [-0.1, -0.05) is 4.47 Å². The van der Waals surface area contributed by atoms with Crippen molar-refractivity contribution in [2.24, 2.45) is 0 Å². The number of halogens is 1. The molecule has 0 amide bonds. The fraction of sp³-hybridized carbons (Fsp3) is 0.462. The van der Waals surface area contributed by atoms with E-state index in [2.05, 4.69) is 15.9 Å². The van der Waals surface area contributed by atoms with Gasteiger partial charge in [0, 0.05) is 18.1 Å². The minimum atomic E-state index is -3.83. The molecule has 9 heteroatoms. The van der Waals surface area contributed by atoms with Gasteiger partial charge in [0.05, 0.1) is 24.2 Å². The monoisotopic (exact) mass is 395 g/mol. The number of carbonyl (C=O) groups excluding carboxylic acids is 1. The Labute approximate surface area is 138 Å². The maximum Gasteiger partial charge on any atom is 0.339 e. The summed E-state index contributed by atoms with van der Waals surface area (Å²) >= 11 is 3.20. The van der Waals surface area contributed by atoms with E-state index in [1.54, 1.807) is 0 Å². The molecular weight excluding hydrogens is 378 g/mol. The van der Waals surface area contributed by atoms with E-state index in [1.807, 2.05) is 6.92 Å². The average molecular weight is 396 g/mol. The van der Waals surface area contributed by atoms with E-state index in [1.165, 1.54) is 32.4 Å². The molecule has 0 aliphatic heterocycles. The molecule has 1 aromatic rings. The van der Waals surface area contributed by atoms with Crippen LogP contribution in [0, 0.1) is 0 Å². The summed E-state index contributed by atoms with van der Waals surface area (Å²) in [5.41, 5.74) is 0.113. The summed E-state index contributed by atoms with van der Waals surface area (Å²) in [6.07, 6.45) is 0. The van der Waals surface area contributed by atoms with Crippen LogP contribution in [0.3, 0.4) is 0 Å². The number of rotatable bonds is 8. The summed E-state index contributed by atoms with van der Waals surface area (Å²) in [7, 11) is -1.34. The Morgan fingerprint density at radius 2 is 2.00 bits per heavy atom. The highest BCUT2D eigenvalue weighted by atomic mass is 79.9. The number of nitrogens with zero attached hydrogens (tertiary/aromatic N) is 1. The van der Waals surface area contributed by atoms with Crippen LogP contribution in [0.2, 0.25) is 0 Å². The third-order valence-electron chi connectivity index (χ3n) is 2.72. The van der Waals surface area contributed by atoms with E-state index >= 15 is 0 Å². The molecule has 7 nitrogen and oxygen atoms in total. The van der Waals surface area contributed by atoms with Gasteiger partial charge in [0.1, 0.15) is 6.61 Å². The normalized spacial score (nSPS) is 11.7. The largest absolute Gasteiger partial charge is 0.460 e. The zero-order valence-corrected chi connectivity index (χ0v) is 14.9. The first-order chi connectivity index (χ1) is 10.3. The minimum Gasteiger partial charge on any atom is -0.460 e. The summed E-state index contributed by atoms with van der Waals surface area (Å²) in [4.78, 5) is 16.6. The standard InChI is InChI=1S/C13H18BrNO6S/c1-4-20-7-8-21-13(16)11-9-10(5-6-12(11)14)22(17,18)15(2)19-3/h5-6,9H,4,7-8H2,1-3H3. The summed E-state index contributed by atoms with van der Waals surface area (Å²) in [5.74, 6) is -0.635. The van der Waals surface area contributed by atoms with Gasteiger partial charge in [-0.3, -0.25) is 4.84 Å². The lowest BCUT2D eigenvalue weighted by Gasteiger charge is -2.15. The topological polar surface area (TPSA) is 82.1 Å². The van der Waals surface area contributed by atoms with Crippen LogP contribution in [0.5, 0.6) is 0 Å². The van der Waals surface area contributed by atoms with E-state index in [-0.39, 0.29) is 23.7 Å². The van der Waals surface area contributed by atoms with Crippen molar-refractivity contribution in [2.45, 2.75) is 11.8 Å². The van der Waals surface area contributed by atoms with Crippen LogP contribution in [0.25, 0.3) is 0 Å². The van der Waals surface area contributed by atoms with E-state index in [4.69, 9.17) is 14.3 Å². The molecule has 0 spiro atoms. The van der Waals surface area contributed by atoms with Crippen molar-refractivity contribution in [3.05, 3.63) is 28.2 Å². The fourth-order valence-electron chi connectivity index (χ4n) is 1.48. The molecule has 0 aliphatic carbocycles. The lowest BCUT2D eigenvalue weighted by molar-refractivity contribution is -0.0258. The lowest BCUT2D eigenvalue weighted by Crippen LogP contribution is -2.26. The molecule has 0 atom stereocenters. The highest BCUT2D eigenvalue weighted by molar-refractivity contribution is 9.10. The second-order valence-corrected chi connectivity index (χ2v) is 6.86. The molecule has 0 bridgehead atoms. The molecule has 0 N–H and O–H groups in total. The van der Waals surface area contributed by atoms with E-state index in [9.17, 15) is 13.2 Å². The fourth-order valence-corrected chi connectivity index (χ4v) is 2.89. The van der Waals surface area contributed by atoms with Gasteiger partial charge in [-0.15, -0.1) is 0 Å². The number of ether oxygens (including phenoxy) is 2. The number of hydrogen-bond acceptors (Lipinski definition) is 6. The number of esters is 1. The van der Waals surface area contributed by atoms with Crippen LogP contribution in [0.1, 0.15) is 17.3 Å². The predicted octanol–water partition coefficient (Wildman–Crippen LogP) is 1.82. The van der Waals surface area contributed by atoms with E-state index in [0.717, 1.165) is 0 Å². The maximum absolute atomic E-state index is 12.2. The molecule has 0 heterocycles. The zero-order valence-electron chi connectivity index (χ0n) is 12.5. The molecule has 0 aromatic heterocycles. The summed E-state index contributed by atoms with van der Waals surface area (Å²) in [6.45, 7) is 2.73. The first kappa shape index (κ1) is 19.0. The van der Waals surface area contributed by atoms with Crippen LogP contribution >= 0.6 is 15.9 Å². The van der Waals surface area contributed by atoms with E-state index < -0.39 is 16.0 Å². The maximum atomic E-state index is 12.2. The third kappa shape index (κ3) is 4.75. The highest BCUT2D eigenvalue weighted by Crippen LogP contribution is 2.23. The second-order valence-electron chi connectivity index (χ2n) is 4.07. The van der Waals surface area contributed by atoms with Crippen molar-refractivity contribution in [1.82, 2.24) is 4.47 Å².